The maximum atomic E-state index is 12.0. The Balaban J connectivity index is 2.09. The summed E-state index contributed by atoms with van der Waals surface area (Å²) in [5.41, 5.74) is 1.70. The summed E-state index contributed by atoms with van der Waals surface area (Å²) < 4.78 is 0. The quantitative estimate of drug-likeness (QED) is 0.504. The summed E-state index contributed by atoms with van der Waals surface area (Å²) in [5, 5.41) is 0.0306. The van der Waals surface area contributed by atoms with E-state index in [0.717, 1.165) is 15.4 Å². The van der Waals surface area contributed by atoms with Crippen molar-refractivity contribution in [3.05, 3.63) is 59.7 Å². The molecule has 0 atom stereocenters. The number of halogens is 1. The summed E-state index contributed by atoms with van der Waals surface area (Å²) in [6.45, 7) is 0. The molecule has 0 heterocycles. The molecule has 2 aromatic carbocycles. The van der Waals surface area contributed by atoms with Crippen LogP contribution in [0.5, 0.6) is 0 Å². The van der Waals surface area contributed by atoms with Crippen LogP contribution in [-0.4, -0.2) is 5.12 Å². The average Bonchev–Trinajstić information content (AvgIpc) is 2.41. The van der Waals surface area contributed by atoms with Crippen molar-refractivity contribution in [3.8, 4) is 0 Å². The largest absolute Gasteiger partial charge is 0.281 e. The van der Waals surface area contributed by atoms with Crippen molar-refractivity contribution in [2.75, 3.05) is 0 Å². The Bertz CT molecular complexity index is 535. The minimum atomic E-state index is 0.0306. The second-order valence-corrected chi connectivity index (χ2v) is 5.54. The van der Waals surface area contributed by atoms with Gasteiger partial charge in [-0.1, -0.05) is 24.3 Å². The topological polar surface area (TPSA) is 17.1 Å². The first-order valence-corrected chi connectivity index (χ1v) is 7.15. The van der Waals surface area contributed by atoms with Crippen molar-refractivity contribution in [2.45, 2.75) is 15.7 Å². The van der Waals surface area contributed by atoms with Crippen molar-refractivity contribution in [1.29, 1.82) is 0 Å². The van der Waals surface area contributed by atoms with Gasteiger partial charge < -0.3 is 0 Å². The monoisotopic (exact) mass is 294 g/mol. The molecule has 0 radical (unpaired) electrons. The molecular formula is C14H11ClOS2. The third-order valence-electron chi connectivity index (χ3n) is 2.39. The number of rotatable bonds is 3. The van der Waals surface area contributed by atoms with Gasteiger partial charge in [-0.05, 0) is 41.6 Å². The normalized spacial score (nSPS) is 10.3. The van der Waals surface area contributed by atoms with E-state index in [0.29, 0.717) is 11.4 Å². The highest BCUT2D eigenvalue weighted by atomic mass is 35.5. The van der Waals surface area contributed by atoms with E-state index < -0.39 is 0 Å². The van der Waals surface area contributed by atoms with Crippen LogP contribution in [0, 0.1) is 0 Å². The molecule has 0 fully saturated rings. The van der Waals surface area contributed by atoms with Gasteiger partial charge in [-0.25, -0.2) is 0 Å². The fraction of sp³-hybridized carbons (Fsp3) is 0.0714. The lowest BCUT2D eigenvalue weighted by Crippen LogP contribution is -1.93. The van der Waals surface area contributed by atoms with Crippen molar-refractivity contribution >= 4 is 41.1 Å². The fourth-order valence-corrected chi connectivity index (χ4v) is 2.48. The highest BCUT2D eigenvalue weighted by molar-refractivity contribution is 8.14. The zero-order valence-electron chi connectivity index (χ0n) is 9.47. The van der Waals surface area contributed by atoms with Crippen LogP contribution in [0.15, 0.2) is 58.3 Å². The summed E-state index contributed by atoms with van der Waals surface area (Å²) in [6, 6.07) is 14.9. The van der Waals surface area contributed by atoms with Crippen LogP contribution in [0.2, 0.25) is 0 Å². The Hall–Kier alpha value is -0.900. The molecule has 0 saturated carbocycles. The van der Waals surface area contributed by atoms with Crippen LogP contribution in [0.3, 0.4) is 0 Å². The molecule has 0 saturated heterocycles. The molecule has 0 spiro atoms. The highest BCUT2D eigenvalue weighted by Crippen LogP contribution is 2.24. The maximum absolute atomic E-state index is 12.0. The number of alkyl halides is 1. The molecule has 0 bridgehead atoms. The van der Waals surface area contributed by atoms with E-state index in [4.69, 9.17) is 11.6 Å². The van der Waals surface area contributed by atoms with Crippen molar-refractivity contribution in [3.63, 3.8) is 0 Å². The molecule has 92 valence electrons. The van der Waals surface area contributed by atoms with Crippen LogP contribution in [-0.2, 0) is 5.88 Å². The molecule has 2 rings (SSSR count). The SMILES string of the molecule is O=C(Sc1ccc(S)cc1)c1ccc(CCl)cc1. The van der Waals surface area contributed by atoms with E-state index in [-0.39, 0.29) is 5.12 Å². The number of thiol groups is 1. The minimum absolute atomic E-state index is 0.0306. The zero-order valence-corrected chi connectivity index (χ0v) is 11.9. The Morgan fingerprint density at radius 3 is 2.22 bits per heavy atom. The van der Waals surface area contributed by atoms with Gasteiger partial charge in [-0.2, -0.15) is 0 Å². The lowest BCUT2D eigenvalue weighted by molar-refractivity contribution is 0.108. The third-order valence-corrected chi connectivity index (χ3v) is 3.93. The molecule has 0 amide bonds. The number of hydrogen-bond acceptors (Lipinski definition) is 3. The first-order valence-electron chi connectivity index (χ1n) is 5.35. The van der Waals surface area contributed by atoms with Gasteiger partial charge in [0.05, 0.1) is 0 Å². The van der Waals surface area contributed by atoms with Crippen LogP contribution in [0.4, 0.5) is 0 Å². The fourth-order valence-electron chi connectivity index (χ4n) is 1.41. The van der Waals surface area contributed by atoms with E-state index in [1.807, 2.05) is 36.4 Å². The first-order chi connectivity index (χ1) is 8.69. The summed E-state index contributed by atoms with van der Waals surface area (Å²) in [7, 11) is 0. The second-order valence-electron chi connectivity index (χ2n) is 3.71. The van der Waals surface area contributed by atoms with Gasteiger partial charge >= 0.3 is 0 Å². The van der Waals surface area contributed by atoms with Gasteiger partial charge in [0, 0.05) is 21.2 Å². The van der Waals surface area contributed by atoms with Gasteiger partial charge in [0.1, 0.15) is 0 Å². The second kappa shape index (κ2) is 6.32. The molecule has 18 heavy (non-hydrogen) atoms. The lowest BCUT2D eigenvalue weighted by atomic mass is 10.2. The number of thioether (sulfide) groups is 1. The Kier molecular flexibility index (Phi) is 4.75. The van der Waals surface area contributed by atoms with Gasteiger partial charge in [-0.15, -0.1) is 24.2 Å². The van der Waals surface area contributed by atoms with E-state index in [9.17, 15) is 4.79 Å². The molecule has 4 heteroatoms. The van der Waals surface area contributed by atoms with Crippen LogP contribution in [0.25, 0.3) is 0 Å². The first kappa shape index (κ1) is 13.5. The van der Waals surface area contributed by atoms with Gasteiger partial charge in [0.2, 0.25) is 5.12 Å². The summed E-state index contributed by atoms with van der Waals surface area (Å²) in [5.74, 6) is 0.463. The molecule has 0 unspecified atom stereocenters. The number of benzene rings is 2. The van der Waals surface area contributed by atoms with E-state index in [1.54, 1.807) is 12.1 Å². The standard InChI is InChI=1S/C14H11ClOS2/c15-9-10-1-3-11(4-2-10)14(16)18-13-7-5-12(17)6-8-13/h1-8,17H,9H2. The van der Waals surface area contributed by atoms with Gasteiger partial charge in [-0.3, -0.25) is 4.79 Å². The summed E-state index contributed by atoms with van der Waals surface area (Å²) >= 11 is 11.1. The smallest absolute Gasteiger partial charge is 0.224 e. The number of hydrogen-bond donors (Lipinski definition) is 1. The summed E-state index contributed by atoms with van der Waals surface area (Å²) in [4.78, 5) is 13.8. The van der Waals surface area contributed by atoms with Crippen LogP contribution >= 0.6 is 36.0 Å². The van der Waals surface area contributed by atoms with Crippen LogP contribution < -0.4 is 0 Å². The van der Waals surface area contributed by atoms with Crippen molar-refractivity contribution in [2.24, 2.45) is 0 Å². The molecule has 0 aromatic heterocycles. The molecule has 0 aliphatic heterocycles. The van der Waals surface area contributed by atoms with Crippen molar-refractivity contribution < 1.29 is 4.79 Å². The molecule has 2 aromatic rings. The Labute approximate surface area is 121 Å². The van der Waals surface area contributed by atoms with Crippen molar-refractivity contribution in [1.82, 2.24) is 0 Å². The lowest BCUT2D eigenvalue weighted by Gasteiger charge is -2.02. The maximum Gasteiger partial charge on any atom is 0.224 e. The number of carbonyl (C=O) groups is 1. The van der Waals surface area contributed by atoms with Crippen LogP contribution in [0.1, 0.15) is 15.9 Å². The van der Waals surface area contributed by atoms with Gasteiger partial charge in [0.15, 0.2) is 0 Å². The Morgan fingerprint density at radius 2 is 1.67 bits per heavy atom. The molecule has 0 aliphatic carbocycles. The van der Waals surface area contributed by atoms with Gasteiger partial charge in [0.25, 0.3) is 0 Å². The summed E-state index contributed by atoms with van der Waals surface area (Å²) in [6.07, 6.45) is 0. The highest BCUT2D eigenvalue weighted by Gasteiger charge is 2.07. The molecule has 1 nitrogen and oxygen atoms in total. The predicted molar refractivity (Wildman–Crippen MR) is 79.9 cm³/mol. The zero-order chi connectivity index (χ0) is 13.0. The number of carbonyl (C=O) groups excluding carboxylic acids is 1. The molecule has 0 aliphatic rings. The van der Waals surface area contributed by atoms with E-state index in [1.165, 1.54) is 11.8 Å². The minimum Gasteiger partial charge on any atom is -0.281 e. The molecule has 0 N–H and O–H groups in total. The predicted octanol–water partition coefficient (Wildman–Crippen LogP) is 4.65. The average molecular weight is 295 g/mol. The third kappa shape index (κ3) is 3.55. The Morgan fingerprint density at radius 1 is 1.06 bits per heavy atom. The molecular weight excluding hydrogens is 284 g/mol. The van der Waals surface area contributed by atoms with E-state index in [2.05, 4.69) is 12.6 Å². The van der Waals surface area contributed by atoms with E-state index >= 15 is 0 Å².